The molecule has 0 amide bonds. The van der Waals surface area contributed by atoms with Gasteiger partial charge in [-0.1, -0.05) is 0 Å². The second-order valence-corrected chi connectivity index (χ2v) is 7.31. The van der Waals surface area contributed by atoms with Crippen LogP contribution in [-0.4, -0.2) is 57.3 Å². The fourth-order valence-electron chi connectivity index (χ4n) is 1.72. The van der Waals surface area contributed by atoms with Gasteiger partial charge in [0.05, 0.1) is 25.5 Å². The summed E-state index contributed by atoms with van der Waals surface area (Å²) >= 11 is 0. The smallest absolute Gasteiger partial charge is 0.191 e. The Labute approximate surface area is 132 Å². The van der Waals surface area contributed by atoms with Crippen molar-refractivity contribution in [2.75, 3.05) is 38.3 Å². The van der Waals surface area contributed by atoms with Gasteiger partial charge in [0.1, 0.15) is 9.84 Å². The maximum Gasteiger partial charge on any atom is 0.191 e. The van der Waals surface area contributed by atoms with Gasteiger partial charge in [0.2, 0.25) is 0 Å². The number of aryl methyl sites for hydroxylation is 1. The number of rotatable bonds is 9. The molecule has 0 saturated carbocycles. The summed E-state index contributed by atoms with van der Waals surface area (Å²) in [4.78, 5) is 4.48. The van der Waals surface area contributed by atoms with E-state index in [1.54, 1.807) is 0 Å². The Morgan fingerprint density at radius 1 is 1.36 bits per heavy atom. The number of nitrogens with zero attached hydrogens (tertiary/aromatic N) is 2. The molecule has 0 saturated heterocycles. The Morgan fingerprint density at radius 3 is 2.73 bits per heavy atom. The number of nitrogens with one attached hydrogen (secondary N) is 2. The highest BCUT2D eigenvalue weighted by Crippen LogP contribution is 2.00. The van der Waals surface area contributed by atoms with E-state index in [2.05, 4.69) is 15.6 Å². The van der Waals surface area contributed by atoms with E-state index in [9.17, 15) is 8.42 Å². The van der Waals surface area contributed by atoms with E-state index in [1.165, 1.54) is 6.26 Å². The summed E-state index contributed by atoms with van der Waals surface area (Å²) in [5.74, 6) is 0.771. The van der Waals surface area contributed by atoms with Crippen LogP contribution in [0.1, 0.15) is 12.5 Å². The molecule has 1 heterocycles. The van der Waals surface area contributed by atoms with Crippen LogP contribution in [0.5, 0.6) is 0 Å². The van der Waals surface area contributed by atoms with Crippen LogP contribution < -0.4 is 10.6 Å². The minimum absolute atomic E-state index is 0.0508. The summed E-state index contributed by atoms with van der Waals surface area (Å²) in [5, 5.41) is 6.31. The largest absolute Gasteiger partial charge is 0.379 e. The van der Waals surface area contributed by atoms with Crippen molar-refractivity contribution in [1.29, 1.82) is 0 Å². The highest BCUT2D eigenvalue weighted by atomic mass is 32.2. The molecule has 7 nitrogen and oxygen atoms in total. The second kappa shape index (κ2) is 9.47. The van der Waals surface area contributed by atoms with Crippen LogP contribution in [0.4, 0.5) is 0 Å². The Balaban J connectivity index is 2.28. The molecule has 8 heteroatoms. The number of hydrogen-bond donors (Lipinski definition) is 2. The van der Waals surface area contributed by atoms with Gasteiger partial charge in [0.25, 0.3) is 0 Å². The summed E-state index contributed by atoms with van der Waals surface area (Å²) in [5.41, 5.74) is 1.14. The van der Waals surface area contributed by atoms with E-state index in [1.807, 2.05) is 37.0 Å². The topological polar surface area (TPSA) is 84.7 Å². The average Bonchev–Trinajstić information content (AvgIpc) is 2.84. The number of ether oxygens (including phenoxy) is 1. The molecule has 0 fully saturated rings. The monoisotopic (exact) mass is 330 g/mol. The normalized spacial score (nSPS) is 12.4. The van der Waals surface area contributed by atoms with Crippen molar-refractivity contribution in [3.63, 3.8) is 0 Å². The number of hydrogen-bond acceptors (Lipinski definition) is 4. The molecule has 0 bridgehead atoms. The van der Waals surface area contributed by atoms with E-state index in [0.717, 1.165) is 18.1 Å². The zero-order valence-electron chi connectivity index (χ0n) is 13.5. The first-order valence-electron chi connectivity index (χ1n) is 7.29. The molecule has 126 valence electrons. The van der Waals surface area contributed by atoms with Crippen LogP contribution in [0.2, 0.25) is 0 Å². The Bertz CT molecular complexity index is 566. The fourth-order valence-corrected chi connectivity index (χ4v) is 2.14. The van der Waals surface area contributed by atoms with E-state index >= 15 is 0 Å². The zero-order chi connectivity index (χ0) is 16.4. The fraction of sp³-hybridized carbons (Fsp3) is 0.643. The molecule has 0 aromatic carbocycles. The van der Waals surface area contributed by atoms with Crippen molar-refractivity contribution >= 4 is 15.8 Å². The first-order valence-corrected chi connectivity index (χ1v) is 9.35. The third-order valence-corrected chi connectivity index (χ3v) is 3.70. The molecule has 0 unspecified atom stereocenters. The Morgan fingerprint density at radius 2 is 2.14 bits per heavy atom. The van der Waals surface area contributed by atoms with Gasteiger partial charge >= 0.3 is 0 Å². The lowest BCUT2D eigenvalue weighted by molar-refractivity contribution is 0.154. The van der Waals surface area contributed by atoms with Gasteiger partial charge in [0, 0.05) is 38.8 Å². The maximum absolute atomic E-state index is 11.0. The summed E-state index contributed by atoms with van der Waals surface area (Å²) in [6.45, 7) is 4.61. The number of aromatic nitrogens is 1. The van der Waals surface area contributed by atoms with Crippen LogP contribution in [0.3, 0.4) is 0 Å². The van der Waals surface area contributed by atoms with Crippen molar-refractivity contribution in [2.45, 2.75) is 13.5 Å². The molecule has 0 radical (unpaired) electrons. The Hall–Kier alpha value is -1.54. The van der Waals surface area contributed by atoms with Gasteiger partial charge in [-0.3, -0.25) is 0 Å². The SMILES string of the molecule is CCNC(=NCc1ccn(C)c1)NCCOCCS(C)(=O)=O. The van der Waals surface area contributed by atoms with Crippen molar-refractivity contribution in [3.05, 3.63) is 24.0 Å². The predicted octanol–water partition coefficient (Wildman–Crippen LogP) is 0.141. The summed E-state index contributed by atoms with van der Waals surface area (Å²) in [6, 6.07) is 2.03. The molecular weight excluding hydrogens is 304 g/mol. The molecule has 1 rings (SSSR count). The quantitative estimate of drug-likeness (QED) is 0.382. The molecule has 2 N–H and O–H groups in total. The third-order valence-electron chi connectivity index (χ3n) is 2.79. The van der Waals surface area contributed by atoms with Gasteiger partial charge in [-0.2, -0.15) is 0 Å². The lowest BCUT2D eigenvalue weighted by atomic mass is 10.3. The van der Waals surface area contributed by atoms with E-state index in [0.29, 0.717) is 19.7 Å². The minimum atomic E-state index is -2.96. The molecule has 0 aliphatic carbocycles. The average molecular weight is 330 g/mol. The van der Waals surface area contributed by atoms with Gasteiger partial charge in [-0.05, 0) is 18.6 Å². The van der Waals surface area contributed by atoms with E-state index in [-0.39, 0.29) is 12.4 Å². The highest BCUT2D eigenvalue weighted by molar-refractivity contribution is 7.90. The Kier molecular flexibility index (Phi) is 7.97. The minimum Gasteiger partial charge on any atom is -0.379 e. The third kappa shape index (κ3) is 8.68. The molecule has 0 atom stereocenters. The molecule has 1 aromatic rings. The molecule has 0 aliphatic rings. The standard InChI is InChI=1S/C14H26N4O3S/c1-4-15-14(17-11-13-5-7-18(2)12-13)16-6-8-21-9-10-22(3,19)20/h5,7,12H,4,6,8-11H2,1-3H3,(H2,15,16,17). The van der Waals surface area contributed by atoms with Crippen LogP contribution in [0.15, 0.2) is 23.5 Å². The van der Waals surface area contributed by atoms with Crippen LogP contribution in [0, 0.1) is 0 Å². The number of sulfone groups is 1. The van der Waals surface area contributed by atoms with Gasteiger partial charge in [0.15, 0.2) is 5.96 Å². The van der Waals surface area contributed by atoms with E-state index < -0.39 is 9.84 Å². The first-order chi connectivity index (χ1) is 10.4. The lowest BCUT2D eigenvalue weighted by Crippen LogP contribution is -2.39. The van der Waals surface area contributed by atoms with Gasteiger partial charge < -0.3 is 19.9 Å². The summed E-state index contributed by atoms with van der Waals surface area (Å²) in [6.07, 6.45) is 5.22. The first kappa shape index (κ1) is 18.5. The van der Waals surface area contributed by atoms with Crippen LogP contribution in [-0.2, 0) is 28.2 Å². The van der Waals surface area contributed by atoms with Crippen LogP contribution in [0.25, 0.3) is 0 Å². The van der Waals surface area contributed by atoms with Gasteiger partial charge in [-0.15, -0.1) is 0 Å². The summed E-state index contributed by atoms with van der Waals surface area (Å²) in [7, 11) is -0.980. The second-order valence-electron chi connectivity index (χ2n) is 5.05. The van der Waals surface area contributed by atoms with Crippen LogP contribution >= 0.6 is 0 Å². The van der Waals surface area contributed by atoms with Crippen molar-refractivity contribution in [2.24, 2.45) is 12.0 Å². The van der Waals surface area contributed by atoms with E-state index in [4.69, 9.17) is 4.74 Å². The van der Waals surface area contributed by atoms with Crippen molar-refractivity contribution < 1.29 is 13.2 Å². The van der Waals surface area contributed by atoms with Crippen molar-refractivity contribution in [1.82, 2.24) is 15.2 Å². The molecule has 0 aliphatic heterocycles. The number of guanidine groups is 1. The summed E-state index contributed by atoms with van der Waals surface area (Å²) < 4.78 is 29.2. The molecule has 0 spiro atoms. The molecule has 1 aromatic heterocycles. The maximum atomic E-state index is 11.0. The van der Waals surface area contributed by atoms with Crippen molar-refractivity contribution in [3.8, 4) is 0 Å². The van der Waals surface area contributed by atoms with Gasteiger partial charge in [-0.25, -0.2) is 13.4 Å². The zero-order valence-corrected chi connectivity index (χ0v) is 14.3. The predicted molar refractivity (Wildman–Crippen MR) is 88.8 cm³/mol. The molecular formula is C14H26N4O3S. The molecule has 22 heavy (non-hydrogen) atoms. The lowest BCUT2D eigenvalue weighted by Gasteiger charge is -2.11. The highest BCUT2D eigenvalue weighted by Gasteiger charge is 2.02. The number of aliphatic imine (C=N–C) groups is 1.